The normalized spacial score (nSPS) is 23.5. The SMILES string of the molecule is CC1CC(C(=O)O)c2cc(C(C)(C)C)ccc21. The van der Waals surface area contributed by atoms with Crippen LogP contribution in [0.3, 0.4) is 0 Å². The molecule has 0 amide bonds. The number of carboxylic acids is 1. The van der Waals surface area contributed by atoms with Crippen molar-refractivity contribution in [3.63, 3.8) is 0 Å². The summed E-state index contributed by atoms with van der Waals surface area (Å²) in [6.45, 7) is 8.58. The molecule has 1 aliphatic carbocycles. The Balaban J connectivity index is 2.51. The van der Waals surface area contributed by atoms with Gasteiger partial charge in [-0.05, 0) is 34.4 Å². The summed E-state index contributed by atoms with van der Waals surface area (Å²) in [7, 11) is 0. The molecular weight excluding hydrogens is 212 g/mol. The molecule has 0 fully saturated rings. The van der Waals surface area contributed by atoms with Gasteiger partial charge >= 0.3 is 5.97 Å². The van der Waals surface area contributed by atoms with Gasteiger partial charge in [0, 0.05) is 0 Å². The molecule has 0 saturated heterocycles. The lowest BCUT2D eigenvalue weighted by molar-refractivity contribution is -0.138. The van der Waals surface area contributed by atoms with Crippen molar-refractivity contribution >= 4 is 5.97 Å². The van der Waals surface area contributed by atoms with E-state index in [1.807, 2.05) is 0 Å². The van der Waals surface area contributed by atoms with Crippen molar-refractivity contribution in [2.45, 2.75) is 51.4 Å². The van der Waals surface area contributed by atoms with Crippen molar-refractivity contribution in [3.05, 3.63) is 34.9 Å². The average Bonchev–Trinajstić information content (AvgIpc) is 2.54. The number of carbonyl (C=O) groups is 1. The lowest BCUT2D eigenvalue weighted by atomic mass is 9.84. The molecule has 2 atom stereocenters. The smallest absolute Gasteiger partial charge is 0.311 e. The molecule has 2 rings (SSSR count). The maximum atomic E-state index is 11.3. The monoisotopic (exact) mass is 232 g/mol. The summed E-state index contributed by atoms with van der Waals surface area (Å²) >= 11 is 0. The van der Waals surface area contributed by atoms with Crippen molar-refractivity contribution in [3.8, 4) is 0 Å². The molecule has 1 aromatic rings. The van der Waals surface area contributed by atoms with E-state index in [0.29, 0.717) is 5.92 Å². The van der Waals surface area contributed by atoms with Crippen LogP contribution in [-0.2, 0) is 10.2 Å². The maximum absolute atomic E-state index is 11.3. The molecule has 2 unspecified atom stereocenters. The van der Waals surface area contributed by atoms with Crippen LogP contribution < -0.4 is 0 Å². The molecule has 1 aromatic carbocycles. The first-order valence-electron chi connectivity index (χ1n) is 6.18. The summed E-state index contributed by atoms with van der Waals surface area (Å²) in [5, 5.41) is 9.27. The Bertz CT molecular complexity index is 454. The molecular formula is C15H20O2. The van der Waals surface area contributed by atoms with Crippen molar-refractivity contribution in [2.75, 3.05) is 0 Å². The fourth-order valence-corrected chi connectivity index (χ4v) is 2.63. The number of hydrogen-bond donors (Lipinski definition) is 1. The topological polar surface area (TPSA) is 37.3 Å². The van der Waals surface area contributed by atoms with E-state index in [1.165, 1.54) is 11.1 Å². The van der Waals surface area contributed by atoms with Crippen LogP contribution in [0.4, 0.5) is 0 Å². The molecule has 1 aliphatic rings. The Morgan fingerprint density at radius 2 is 1.94 bits per heavy atom. The van der Waals surface area contributed by atoms with Gasteiger partial charge in [0.2, 0.25) is 0 Å². The Morgan fingerprint density at radius 1 is 1.29 bits per heavy atom. The first kappa shape index (κ1) is 12.2. The van der Waals surface area contributed by atoms with Gasteiger partial charge in [0.05, 0.1) is 5.92 Å². The van der Waals surface area contributed by atoms with E-state index in [-0.39, 0.29) is 11.3 Å². The molecule has 0 saturated carbocycles. The minimum atomic E-state index is -0.693. The summed E-state index contributed by atoms with van der Waals surface area (Å²) in [4.78, 5) is 11.3. The highest BCUT2D eigenvalue weighted by atomic mass is 16.4. The number of benzene rings is 1. The first-order valence-corrected chi connectivity index (χ1v) is 6.18. The lowest BCUT2D eigenvalue weighted by Crippen LogP contribution is -2.13. The number of carboxylic acid groups (broad SMARTS) is 1. The summed E-state index contributed by atoms with van der Waals surface area (Å²) < 4.78 is 0. The predicted molar refractivity (Wildman–Crippen MR) is 68.6 cm³/mol. The van der Waals surface area contributed by atoms with Gasteiger partial charge in [-0.15, -0.1) is 0 Å². The highest BCUT2D eigenvalue weighted by Crippen LogP contribution is 2.43. The number of rotatable bonds is 1. The van der Waals surface area contributed by atoms with Crippen LogP contribution in [0, 0.1) is 0 Å². The van der Waals surface area contributed by atoms with E-state index in [9.17, 15) is 9.90 Å². The van der Waals surface area contributed by atoms with Crippen molar-refractivity contribution in [1.29, 1.82) is 0 Å². The zero-order valence-corrected chi connectivity index (χ0v) is 10.9. The van der Waals surface area contributed by atoms with Crippen LogP contribution in [-0.4, -0.2) is 11.1 Å². The molecule has 1 N–H and O–H groups in total. The third kappa shape index (κ3) is 2.08. The van der Waals surface area contributed by atoms with Gasteiger partial charge in [-0.25, -0.2) is 0 Å². The molecule has 0 aliphatic heterocycles. The van der Waals surface area contributed by atoms with E-state index in [2.05, 4.69) is 45.9 Å². The Labute approximate surface area is 103 Å². The Morgan fingerprint density at radius 3 is 2.47 bits per heavy atom. The second-order valence-electron chi connectivity index (χ2n) is 6.12. The molecule has 0 aromatic heterocycles. The third-order valence-corrected chi connectivity index (χ3v) is 3.75. The highest BCUT2D eigenvalue weighted by Gasteiger charge is 2.33. The summed E-state index contributed by atoms with van der Waals surface area (Å²) in [5.41, 5.74) is 3.53. The summed E-state index contributed by atoms with van der Waals surface area (Å²) in [6, 6.07) is 6.35. The van der Waals surface area contributed by atoms with Gasteiger partial charge < -0.3 is 5.11 Å². The van der Waals surface area contributed by atoms with E-state index >= 15 is 0 Å². The minimum Gasteiger partial charge on any atom is -0.481 e. The van der Waals surface area contributed by atoms with Gasteiger partial charge in [-0.3, -0.25) is 4.79 Å². The van der Waals surface area contributed by atoms with Gasteiger partial charge in [0.25, 0.3) is 0 Å². The second-order valence-corrected chi connectivity index (χ2v) is 6.12. The Hall–Kier alpha value is -1.31. The fraction of sp³-hybridized carbons (Fsp3) is 0.533. The third-order valence-electron chi connectivity index (χ3n) is 3.75. The van der Waals surface area contributed by atoms with E-state index < -0.39 is 5.97 Å². The predicted octanol–water partition coefficient (Wildman–Crippen LogP) is 3.66. The van der Waals surface area contributed by atoms with Gasteiger partial charge in [-0.2, -0.15) is 0 Å². The van der Waals surface area contributed by atoms with Crippen LogP contribution in [0.15, 0.2) is 18.2 Å². The maximum Gasteiger partial charge on any atom is 0.311 e. The zero-order valence-electron chi connectivity index (χ0n) is 10.9. The molecule has 0 radical (unpaired) electrons. The van der Waals surface area contributed by atoms with Gasteiger partial charge in [0.1, 0.15) is 0 Å². The average molecular weight is 232 g/mol. The molecule has 0 heterocycles. The molecule has 2 heteroatoms. The van der Waals surface area contributed by atoms with Crippen LogP contribution >= 0.6 is 0 Å². The van der Waals surface area contributed by atoms with E-state index in [0.717, 1.165) is 12.0 Å². The van der Waals surface area contributed by atoms with Crippen molar-refractivity contribution in [1.82, 2.24) is 0 Å². The number of aliphatic carboxylic acids is 1. The molecule has 0 bridgehead atoms. The molecule has 2 nitrogen and oxygen atoms in total. The first-order chi connectivity index (χ1) is 7.80. The Kier molecular flexibility index (Phi) is 2.76. The number of hydrogen-bond acceptors (Lipinski definition) is 1. The van der Waals surface area contributed by atoms with Gasteiger partial charge in [0.15, 0.2) is 0 Å². The molecule has 92 valence electrons. The largest absolute Gasteiger partial charge is 0.481 e. The zero-order chi connectivity index (χ0) is 12.8. The molecule has 17 heavy (non-hydrogen) atoms. The van der Waals surface area contributed by atoms with Crippen LogP contribution in [0.25, 0.3) is 0 Å². The van der Waals surface area contributed by atoms with Crippen LogP contribution in [0.1, 0.15) is 62.6 Å². The fourth-order valence-electron chi connectivity index (χ4n) is 2.63. The van der Waals surface area contributed by atoms with Crippen molar-refractivity contribution < 1.29 is 9.90 Å². The van der Waals surface area contributed by atoms with Crippen LogP contribution in [0.5, 0.6) is 0 Å². The van der Waals surface area contributed by atoms with E-state index in [1.54, 1.807) is 0 Å². The highest BCUT2D eigenvalue weighted by molar-refractivity contribution is 5.78. The van der Waals surface area contributed by atoms with Crippen LogP contribution in [0.2, 0.25) is 0 Å². The second kappa shape index (κ2) is 3.86. The van der Waals surface area contributed by atoms with Gasteiger partial charge in [-0.1, -0.05) is 45.9 Å². The van der Waals surface area contributed by atoms with Crippen molar-refractivity contribution in [2.24, 2.45) is 0 Å². The lowest BCUT2D eigenvalue weighted by Gasteiger charge is -2.21. The molecule has 0 spiro atoms. The van der Waals surface area contributed by atoms with E-state index in [4.69, 9.17) is 0 Å². The minimum absolute atomic E-state index is 0.0733. The number of fused-ring (bicyclic) bond motifs is 1. The summed E-state index contributed by atoms with van der Waals surface area (Å²) in [5.74, 6) is -0.649. The quantitative estimate of drug-likeness (QED) is 0.802. The standard InChI is InChI=1S/C15H20O2/c1-9-7-13(14(16)17)12-8-10(15(2,3)4)5-6-11(9)12/h5-6,8-9,13H,7H2,1-4H3,(H,16,17). The summed E-state index contributed by atoms with van der Waals surface area (Å²) in [6.07, 6.45) is 0.734.